The van der Waals surface area contributed by atoms with Gasteiger partial charge in [0.05, 0.1) is 4.47 Å². The normalized spacial score (nSPS) is 17.4. The van der Waals surface area contributed by atoms with E-state index in [2.05, 4.69) is 15.9 Å². The van der Waals surface area contributed by atoms with Crippen LogP contribution in [-0.4, -0.2) is 12.5 Å². The first-order valence-corrected chi connectivity index (χ1v) is 6.23. The Morgan fingerprint density at radius 2 is 2.06 bits per heavy atom. The fraction of sp³-hybridized carbons (Fsp3) is 0.417. The Balaban J connectivity index is 2.27. The van der Waals surface area contributed by atoms with Crippen molar-refractivity contribution >= 4 is 27.5 Å². The van der Waals surface area contributed by atoms with E-state index in [0.29, 0.717) is 10.9 Å². The number of hydrogen-bond donors (Lipinski definition) is 0. The third kappa shape index (κ3) is 2.43. The number of amides is 1. The fourth-order valence-electron chi connectivity index (χ4n) is 1.91. The van der Waals surface area contributed by atoms with Crippen LogP contribution in [0.4, 0.5) is 10.1 Å². The van der Waals surface area contributed by atoms with Crippen LogP contribution < -0.4 is 4.90 Å². The highest BCUT2D eigenvalue weighted by atomic mass is 79.9. The van der Waals surface area contributed by atoms with Crippen molar-refractivity contribution in [2.24, 2.45) is 0 Å². The second-order valence-corrected chi connectivity index (χ2v) is 4.81. The quantitative estimate of drug-likeness (QED) is 0.773. The van der Waals surface area contributed by atoms with Gasteiger partial charge in [0.2, 0.25) is 5.91 Å². The lowest BCUT2D eigenvalue weighted by Crippen LogP contribution is -2.29. The number of rotatable bonds is 1. The van der Waals surface area contributed by atoms with Gasteiger partial charge in [0, 0.05) is 18.7 Å². The number of nitrogens with zero attached hydrogens (tertiary/aromatic N) is 1. The summed E-state index contributed by atoms with van der Waals surface area (Å²) in [6.45, 7) is 0.733. The van der Waals surface area contributed by atoms with Crippen LogP contribution in [0.1, 0.15) is 25.7 Å². The Morgan fingerprint density at radius 3 is 2.81 bits per heavy atom. The fourth-order valence-corrected chi connectivity index (χ4v) is 2.28. The van der Waals surface area contributed by atoms with Crippen molar-refractivity contribution < 1.29 is 9.18 Å². The summed E-state index contributed by atoms with van der Waals surface area (Å²) >= 11 is 3.14. The Morgan fingerprint density at radius 1 is 1.25 bits per heavy atom. The zero-order chi connectivity index (χ0) is 11.5. The molecule has 0 atom stereocenters. The second-order valence-electron chi connectivity index (χ2n) is 3.95. The molecule has 1 aliphatic rings. The molecule has 0 aliphatic carbocycles. The molecule has 1 aliphatic heterocycles. The lowest BCUT2D eigenvalue weighted by molar-refractivity contribution is -0.118. The summed E-state index contributed by atoms with van der Waals surface area (Å²) in [5.74, 6) is -0.165. The molecule has 0 bridgehead atoms. The van der Waals surface area contributed by atoms with Gasteiger partial charge in [-0.15, -0.1) is 0 Å². The molecule has 0 aromatic heterocycles. The highest BCUT2D eigenvalue weighted by Crippen LogP contribution is 2.25. The number of carbonyl (C=O) groups is 1. The van der Waals surface area contributed by atoms with Crippen LogP contribution >= 0.6 is 15.9 Å². The van der Waals surface area contributed by atoms with Gasteiger partial charge in [-0.1, -0.05) is 6.42 Å². The SMILES string of the molecule is O=C1CCCCCN1c1ccc(F)c(Br)c1. The highest BCUT2D eigenvalue weighted by molar-refractivity contribution is 9.10. The maximum atomic E-state index is 13.1. The minimum Gasteiger partial charge on any atom is -0.312 e. The number of halogens is 2. The maximum absolute atomic E-state index is 13.1. The highest BCUT2D eigenvalue weighted by Gasteiger charge is 2.18. The van der Waals surface area contributed by atoms with E-state index in [1.807, 2.05) is 0 Å². The standard InChI is InChI=1S/C12H13BrFNO/c13-10-8-9(5-6-11(10)14)15-7-3-1-2-4-12(15)16/h5-6,8H,1-4,7H2. The lowest BCUT2D eigenvalue weighted by Gasteiger charge is -2.20. The van der Waals surface area contributed by atoms with Crippen molar-refractivity contribution in [3.05, 3.63) is 28.5 Å². The average Bonchev–Trinajstić information content (AvgIpc) is 2.47. The summed E-state index contributed by atoms with van der Waals surface area (Å²) in [5, 5.41) is 0. The Bertz CT molecular complexity index is 408. The zero-order valence-electron chi connectivity index (χ0n) is 8.88. The zero-order valence-corrected chi connectivity index (χ0v) is 10.5. The molecule has 16 heavy (non-hydrogen) atoms. The minimum absolute atomic E-state index is 0.135. The summed E-state index contributed by atoms with van der Waals surface area (Å²) in [7, 11) is 0. The van der Waals surface area contributed by atoms with Gasteiger partial charge in [0.1, 0.15) is 5.82 Å². The van der Waals surface area contributed by atoms with Crippen molar-refractivity contribution in [2.45, 2.75) is 25.7 Å². The van der Waals surface area contributed by atoms with Crippen molar-refractivity contribution in [2.75, 3.05) is 11.4 Å². The largest absolute Gasteiger partial charge is 0.312 e. The molecule has 86 valence electrons. The summed E-state index contributed by atoms with van der Waals surface area (Å²) in [5.41, 5.74) is 0.778. The monoisotopic (exact) mass is 285 g/mol. The van der Waals surface area contributed by atoms with E-state index in [9.17, 15) is 9.18 Å². The third-order valence-electron chi connectivity index (χ3n) is 2.79. The van der Waals surface area contributed by atoms with Crippen LogP contribution in [0.25, 0.3) is 0 Å². The van der Waals surface area contributed by atoms with E-state index < -0.39 is 0 Å². The van der Waals surface area contributed by atoms with E-state index in [0.717, 1.165) is 31.5 Å². The second kappa shape index (κ2) is 4.95. The first-order chi connectivity index (χ1) is 7.68. The molecule has 4 heteroatoms. The van der Waals surface area contributed by atoms with Crippen LogP contribution in [0.2, 0.25) is 0 Å². The minimum atomic E-state index is -0.300. The van der Waals surface area contributed by atoms with Crippen molar-refractivity contribution in [3.8, 4) is 0 Å². The molecule has 1 heterocycles. The lowest BCUT2D eigenvalue weighted by atomic mass is 10.2. The Labute approximate surface area is 103 Å². The molecule has 1 aromatic carbocycles. The predicted octanol–water partition coefficient (Wildman–Crippen LogP) is 3.50. The molecule has 1 saturated heterocycles. The van der Waals surface area contributed by atoms with E-state index in [1.165, 1.54) is 6.07 Å². The number of benzene rings is 1. The van der Waals surface area contributed by atoms with E-state index in [-0.39, 0.29) is 11.7 Å². The first kappa shape index (κ1) is 11.6. The number of anilines is 1. The van der Waals surface area contributed by atoms with Crippen LogP contribution in [0.15, 0.2) is 22.7 Å². The molecule has 0 N–H and O–H groups in total. The van der Waals surface area contributed by atoms with E-state index in [4.69, 9.17) is 0 Å². The van der Waals surface area contributed by atoms with Crippen LogP contribution in [0.3, 0.4) is 0 Å². The molecule has 0 spiro atoms. The van der Waals surface area contributed by atoms with Gasteiger partial charge in [-0.25, -0.2) is 4.39 Å². The van der Waals surface area contributed by atoms with Gasteiger partial charge in [0.25, 0.3) is 0 Å². The molecule has 0 radical (unpaired) electrons. The molecule has 1 amide bonds. The summed E-state index contributed by atoms with van der Waals surface area (Å²) < 4.78 is 13.5. The van der Waals surface area contributed by atoms with Gasteiger partial charge in [0.15, 0.2) is 0 Å². The van der Waals surface area contributed by atoms with E-state index in [1.54, 1.807) is 17.0 Å². The van der Waals surface area contributed by atoms with Gasteiger partial charge < -0.3 is 4.90 Å². The van der Waals surface area contributed by atoms with Gasteiger partial charge in [-0.2, -0.15) is 0 Å². The molecule has 0 unspecified atom stereocenters. The Kier molecular flexibility index (Phi) is 3.59. The molecule has 2 nitrogen and oxygen atoms in total. The van der Waals surface area contributed by atoms with Crippen molar-refractivity contribution in [1.82, 2.24) is 0 Å². The van der Waals surface area contributed by atoms with Crippen LogP contribution in [0.5, 0.6) is 0 Å². The van der Waals surface area contributed by atoms with Crippen LogP contribution in [0, 0.1) is 5.82 Å². The van der Waals surface area contributed by atoms with E-state index >= 15 is 0 Å². The number of carbonyl (C=O) groups excluding carboxylic acids is 1. The summed E-state index contributed by atoms with van der Waals surface area (Å²) in [6, 6.07) is 4.71. The topological polar surface area (TPSA) is 20.3 Å². The number of hydrogen-bond acceptors (Lipinski definition) is 1. The summed E-state index contributed by atoms with van der Waals surface area (Å²) in [4.78, 5) is 13.6. The van der Waals surface area contributed by atoms with Gasteiger partial charge in [-0.05, 0) is 47.0 Å². The van der Waals surface area contributed by atoms with Crippen molar-refractivity contribution in [3.63, 3.8) is 0 Å². The molecule has 2 rings (SSSR count). The average molecular weight is 286 g/mol. The smallest absolute Gasteiger partial charge is 0.226 e. The van der Waals surface area contributed by atoms with Crippen molar-refractivity contribution in [1.29, 1.82) is 0 Å². The molecular formula is C12H13BrFNO. The first-order valence-electron chi connectivity index (χ1n) is 5.44. The predicted molar refractivity (Wildman–Crippen MR) is 64.9 cm³/mol. The molecule has 0 saturated carbocycles. The van der Waals surface area contributed by atoms with Gasteiger partial charge >= 0.3 is 0 Å². The molecule has 1 aromatic rings. The van der Waals surface area contributed by atoms with Gasteiger partial charge in [-0.3, -0.25) is 4.79 Å². The Hall–Kier alpha value is -0.900. The molecule has 1 fully saturated rings. The summed E-state index contributed by atoms with van der Waals surface area (Å²) in [6.07, 6.45) is 3.65. The third-order valence-corrected chi connectivity index (χ3v) is 3.40. The molecular weight excluding hydrogens is 273 g/mol. The maximum Gasteiger partial charge on any atom is 0.226 e. The van der Waals surface area contributed by atoms with Crippen LogP contribution in [-0.2, 0) is 4.79 Å².